The van der Waals surface area contributed by atoms with Gasteiger partial charge in [0.15, 0.2) is 0 Å². The van der Waals surface area contributed by atoms with Crippen molar-refractivity contribution in [3.63, 3.8) is 0 Å². The third-order valence-electron chi connectivity index (χ3n) is 3.16. The van der Waals surface area contributed by atoms with Crippen LogP contribution in [0.4, 0.5) is 0 Å². The Bertz CT molecular complexity index is 333. The number of amides is 2. The number of carbonyl (C=O) groups is 3. The molecule has 5 heteroatoms. The van der Waals surface area contributed by atoms with Crippen molar-refractivity contribution in [2.45, 2.75) is 40.0 Å². The van der Waals surface area contributed by atoms with E-state index in [0.29, 0.717) is 19.3 Å². The Morgan fingerprint density at radius 2 is 1.83 bits per heavy atom. The summed E-state index contributed by atoms with van der Waals surface area (Å²) in [7, 11) is 0. The van der Waals surface area contributed by atoms with E-state index in [4.69, 9.17) is 5.11 Å². The number of piperidine rings is 1. The number of hydrogen-bond donors (Lipinski definition) is 1. The van der Waals surface area contributed by atoms with Gasteiger partial charge in [0.1, 0.15) is 0 Å². The predicted molar refractivity (Wildman–Crippen MR) is 65.7 cm³/mol. The quantitative estimate of drug-likeness (QED) is 0.756. The molecule has 1 aliphatic heterocycles. The summed E-state index contributed by atoms with van der Waals surface area (Å²) >= 11 is 0. The number of rotatable bonds is 5. The Morgan fingerprint density at radius 3 is 2.22 bits per heavy atom. The highest BCUT2D eigenvalue weighted by molar-refractivity contribution is 5.98. The number of likely N-dealkylation sites (tertiary alicyclic amines) is 1. The van der Waals surface area contributed by atoms with Gasteiger partial charge in [0.25, 0.3) is 0 Å². The fourth-order valence-electron chi connectivity index (χ4n) is 2.27. The maximum Gasteiger partial charge on any atom is 0.308 e. The largest absolute Gasteiger partial charge is 0.481 e. The van der Waals surface area contributed by atoms with Gasteiger partial charge in [0.05, 0.1) is 5.92 Å². The van der Waals surface area contributed by atoms with Gasteiger partial charge in [-0.25, -0.2) is 0 Å². The number of carbonyl (C=O) groups excluding carboxylic acids is 2. The second kappa shape index (κ2) is 5.98. The van der Waals surface area contributed by atoms with Crippen molar-refractivity contribution in [3.05, 3.63) is 0 Å². The van der Waals surface area contributed by atoms with E-state index in [2.05, 4.69) is 0 Å². The Hall–Kier alpha value is -1.39. The summed E-state index contributed by atoms with van der Waals surface area (Å²) in [6.45, 7) is 5.73. The third-order valence-corrected chi connectivity index (χ3v) is 3.16. The molecule has 1 saturated heterocycles. The molecule has 0 spiro atoms. The lowest BCUT2D eigenvalue weighted by atomic mass is 9.93. The van der Waals surface area contributed by atoms with Crippen molar-refractivity contribution in [2.75, 3.05) is 6.54 Å². The van der Waals surface area contributed by atoms with Crippen LogP contribution >= 0.6 is 0 Å². The molecule has 1 aliphatic rings. The highest BCUT2D eigenvalue weighted by Crippen LogP contribution is 2.22. The number of imide groups is 1. The highest BCUT2D eigenvalue weighted by Gasteiger charge is 2.33. The summed E-state index contributed by atoms with van der Waals surface area (Å²) in [4.78, 5) is 35.8. The minimum absolute atomic E-state index is 0.0118. The monoisotopic (exact) mass is 255 g/mol. The van der Waals surface area contributed by atoms with Gasteiger partial charge in [-0.2, -0.15) is 0 Å². The van der Waals surface area contributed by atoms with Crippen molar-refractivity contribution >= 4 is 17.8 Å². The number of nitrogens with zero attached hydrogens (tertiary/aromatic N) is 1. The predicted octanol–water partition coefficient (Wildman–Crippen LogP) is 1.52. The molecule has 5 nitrogen and oxygen atoms in total. The van der Waals surface area contributed by atoms with E-state index in [1.807, 2.05) is 20.8 Å². The van der Waals surface area contributed by atoms with Gasteiger partial charge in [-0.15, -0.1) is 0 Å². The van der Waals surface area contributed by atoms with Gasteiger partial charge >= 0.3 is 5.97 Å². The maximum atomic E-state index is 11.8. The molecule has 1 unspecified atom stereocenters. The first kappa shape index (κ1) is 14.7. The molecular formula is C13H21NO4. The minimum Gasteiger partial charge on any atom is -0.481 e. The number of hydrogen-bond acceptors (Lipinski definition) is 3. The van der Waals surface area contributed by atoms with E-state index in [9.17, 15) is 14.4 Å². The summed E-state index contributed by atoms with van der Waals surface area (Å²) in [6, 6.07) is 0. The first-order valence-electron chi connectivity index (χ1n) is 6.37. The van der Waals surface area contributed by atoms with E-state index in [1.165, 1.54) is 0 Å². The Kier molecular flexibility index (Phi) is 4.87. The molecule has 102 valence electrons. The SMILES string of the molecule is CC(C)CC(CN1C(=O)CC(C)CC1=O)C(=O)O. The Balaban J connectivity index is 2.71. The van der Waals surface area contributed by atoms with Gasteiger partial charge in [-0.1, -0.05) is 20.8 Å². The molecule has 1 N–H and O–H groups in total. The van der Waals surface area contributed by atoms with E-state index < -0.39 is 11.9 Å². The van der Waals surface area contributed by atoms with Gasteiger partial charge in [0, 0.05) is 19.4 Å². The Morgan fingerprint density at radius 1 is 1.33 bits per heavy atom. The van der Waals surface area contributed by atoms with Crippen molar-refractivity contribution in [2.24, 2.45) is 17.8 Å². The summed E-state index contributed by atoms with van der Waals surface area (Å²) in [5.74, 6) is -1.80. The summed E-state index contributed by atoms with van der Waals surface area (Å²) < 4.78 is 0. The van der Waals surface area contributed by atoms with E-state index in [-0.39, 0.29) is 30.2 Å². The van der Waals surface area contributed by atoms with Crippen molar-refractivity contribution < 1.29 is 19.5 Å². The first-order valence-corrected chi connectivity index (χ1v) is 6.37. The van der Waals surface area contributed by atoms with Crippen LogP contribution in [0.25, 0.3) is 0 Å². The van der Waals surface area contributed by atoms with Crippen LogP contribution in [0.15, 0.2) is 0 Å². The van der Waals surface area contributed by atoms with Crippen molar-refractivity contribution in [1.29, 1.82) is 0 Å². The average Bonchev–Trinajstić information content (AvgIpc) is 2.20. The smallest absolute Gasteiger partial charge is 0.308 e. The van der Waals surface area contributed by atoms with Gasteiger partial charge in [-0.05, 0) is 18.3 Å². The van der Waals surface area contributed by atoms with Crippen LogP contribution < -0.4 is 0 Å². The molecule has 2 amide bonds. The van der Waals surface area contributed by atoms with E-state index in [1.54, 1.807) is 0 Å². The zero-order valence-electron chi connectivity index (χ0n) is 11.2. The lowest BCUT2D eigenvalue weighted by molar-refractivity contribution is -0.152. The molecule has 0 aromatic heterocycles. The molecule has 18 heavy (non-hydrogen) atoms. The topological polar surface area (TPSA) is 74.7 Å². The van der Waals surface area contributed by atoms with E-state index in [0.717, 1.165) is 4.90 Å². The molecular weight excluding hydrogens is 234 g/mol. The Labute approximate surface area is 107 Å². The fraction of sp³-hybridized carbons (Fsp3) is 0.769. The lowest BCUT2D eigenvalue weighted by Crippen LogP contribution is -2.46. The van der Waals surface area contributed by atoms with Crippen LogP contribution in [0.3, 0.4) is 0 Å². The second-order valence-corrected chi connectivity index (χ2v) is 5.58. The average molecular weight is 255 g/mol. The molecule has 1 fully saturated rings. The fourth-order valence-corrected chi connectivity index (χ4v) is 2.27. The maximum absolute atomic E-state index is 11.8. The van der Waals surface area contributed by atoms with Crippen LogP contribution in [-0.2, 0) is 14.4 Å². The van der Waals surface area contributed by atoms with Crippen molar-refractivity contribution in [3.8, 4) is 0 Å². The van der Waals surface area contributed by atoms with Crippen LogP contribution in [-0.4, -0.2) is 34.3 Å². The molecule has 0 bridgehead atoms. The standard InChI is InChI=1S/C13H21NO4/c1-8(2)4-10(13(17)18)7-14-11(15)5-9(3)6-12(14)16/h8-10H,4-7H2,1-3H3,(H,17,18). The molecule has 0 aromatic carbocycles. The van der Waals surface area contributed by atoms with Crippen molar-refractivity contribution in [1.82, 2.24) is 4.90 Å². The molecule has 0 aromatic rings. The molecule has 1 atom stereocenters. The second-order valence-electron chi connectivity index (χ2n) is 5.58. The zero-order chi connectivity index (χ0) is 13.9. The molecule has 0 saturated carbocycles. The van der Waals surface area contributed by atoms with Crippen LogP contribution in [0, 0.1) is 17.8 Å². The molecule has 0 aliphatic carbocycles. The molecule has 1 rings (SSSR count). The van der Waals surface area contributed by atoms with Gasteiger partial charge in [-0.3, -0.25) is 19.3 Å². The summed E-state index contributed by atoms with van der Waals surface area (Å²) in [5, 5.41) is 9.13. The minimum atomic E-state index is -0.942. The van der Waals surface area contributed by atoms with Crippen LogP contribution in [0.2, 0.25) is 0 Å². The summed E-state index contributed by atoms with van der Waals surface area (Å²) in [5.41, 5.74) is 0. The van der Waals surface area contributed by atoms with Gasteiger partial charge < -0.3 is 5.11 Å². The molecule has 1 heterocycles. The normalized spacial score (nSPS) is 19.4. The van der Waals surface area contributed by atoms with Crippen LogP contribution in [0.1, 0.15) is 40.0 Å². The third kappa shape index (κ3) is 3.82. The zero-order valence-corrected chi connectivity index (χ0v) is 11.2. The number of carboxylic acid groups (broad SMARTS) is 1. The highest BCUT2D eigenvalue weighted by atomic mass is 16.4. The lowest BCUT2D eigenvalue weighted by Gasteiger charge is -2.30. The van der Waals surface area contributed by atoms with E-state index >= 15 is 0 Å². The molecule has 0 radical (unpaired) electrons. The van der Waals surface area contributed by atoms with Gasteiger partial charge in [0.2, 0.25) is 11.8 Å². The number of aliphatic carboxylic acids is 1. The first-order chi connectivity index (χ1) is 8.31. The van der Waals surface area contributed by atoms with Crippen LogP contribution in [0.5, 0.6) is 0 Å². The number of carboxylic acids is 1. The summed E-state index contributed by atoms with van der Waals surface area (Å²) in [6.07, 6.45) is 1.14.